The molecule has 0 saturated heterocycles. The molecule has 1 aliphatic carbocycles. The number of hydrogen-bond donors (Lipinski definition) is 1. The van der Waals surface area contributed by atoms with E-state index in [1.165, 1.54) is 0 Å². The van der Waals surface area contributed by atoms with Crippen LogP contribution in [0.25, 0.3) is 0 Å². The largest absolute Gasteiger partial charge is 0.334 e. The summed E-state index contributed by atoms with van der Waals surface area (Å²) in [5.41, 5.74) is 6.76. The summed E-state index contributed by atoms with van der Waals surface area (Å²) in [6.07, 6.45) is 5.70. The number of nitrogens with two attached hydrogens (primary N) is 1. The minimum absolute atomic E-state index is 0. The number of nitrogens with zero attached hydrogens (tertiary/aromatic N) is 2. The maximum absolute atomic E-state index is 11.9. The van der Waals surface area contributed by atoms with Crippen molar-refractivity contribution < 1.29 is 4.79 Å². The van der Waals surface area contributed by atoms with Crippen LogP contribution < -0.4 is 5.73 Å². The summed E-state index contributed by atoms with van der Waals surface area (Å²) in [6, 6.07) is 3.85. The molecule has 0 spiro atoms. The van der Waals surface area contributed by atoms with E-state index in [4.69, 9.17) is 5.73 Å². The number of rotatable bonds is 4. The molecule has 0 aliphatic heterocycles. The van der Waals surface area contributed by atoms with Gasteiger partial charge in [0.25, 0.3) is 0 Å². The van der Waals surface area contributed by atoms with Crippen LogP contribution >= 0.6 is 12.4 Å². The van der Waals surface area contributed by atoms with Gasteiger partial charge in [0.15, 0.2) is 0 Å². The Morgan fingerprint density at radius 1 is 1.53 bits per heavy atom. The van der Waals surface area contributed by atoms with Crippen molar-refractivity contribution in [2.45, 2.75) is 38.4 Å². The predicted molar refractivity (Wildman–Crippen MR) is 68.7 cm³/mol. The summed E-state index contributed by atoms with van der Waals surface area (Å²) in [4.78, 5) is 17.8. The van der Waals surface area contributed by atoms with E-state index in [1.807, 2.05) is 17.0 Å². The number of pyridine rings is 1. The highest BCUT2D eigenvalue weighted by molar-refractivity contribution is 5.85. The van der Waals surface area contributed by atoms with Crippen LogP contribution in [0.3, 0.4) is 0 Å². The van der Waals surface area contributed by atoms with Gasteiger partial charge in [-0.05, 0) is 37.5 Å². The van der Waals surface area contributed by atoms with Crippen LogP contribution in [0.1, 0.15) is 25.3 Å². The summed E-state index contributed by atoms with van der Waals surface area (Å²) in [6.45, 7) is 2.39. The fourth-order valence-electron chi connectivity index (χ4n) is 1.72. The molecular formula is C12H18ClN3O. The monoisotopic (exact) mass is 255 g/mol. The summed E-state index contributed by atoms with van der Waals surface area (Å²) in [5.74, 6) is 0.0410. The third-order valence-corrected chi connectivity index (χ3v) is 2.76. The van der Waals surface area contributed by atoms with Gasteiger partial charge in [0.05, 0.1) is 6.04 Å². The first-order valence-electron chi connectivity index (χ1n) is 5.63. The third-order valence-electron chi connectivity index (χ3n) is 2.76. The van der Waals surface area contributed by atoms with Gasteiger partial charge in [-0.25, -0.2) is 0 Å². The number of halogens is 1. The van der Waals surface area contributed by atoms with Crippen molar-refractivity contribution in [3.8, 4) is 0 Å². The van der Waals surface area contributed by atoms with Crippen LogP contribution in [-0.2, 0) is 11.3 Å². The Balaban J connectivity index is 0.00000144. The van der Waals surface area contributed by atoms with Crippen LogP contribution in [0.4, 0.5) is 0 Å². The van der Waals surface area contributed by atoms with E-state index in [0.29, 0.717) is 12.6 Å². The Kier molecular flexibility index (Phi) is 4.90. The molecule has 94 valence electrons. The number of hydrogen-bond acceptors (Lipinski definition) is 3. The number of carbonyl (C=O) groups is 1. The molecule has 0 radical (unpaired) electrons. The maximum Gasteiger partial charge on any atom is 0.239 e. The average molecular weight is 256 g/mol. The lowest BCUT2D eigenvalue weighted by Gasteiger charge is -2.24. The Morgan fingerprint density at radius 2 is 2.12 bits per heavy atom. The molecule has 5 heteroatoms. The van der Waals surface area contributed by atoms with Crippen molar-refractivity contribution >= 4 is 18.3 Å². The van der Waals surface area contributed by atoms with Crippen molar-refractivity contribution in [1.82, 2.24) is 9.88 Å². The molecule has 0 aromatic carbocycles. The molecule has 1 unspecified atom stereocenters. The van der Waals surface area contributed by atoms with E-state index >= 15 is 0 Å². The summed E-state index contributed by atoms with van der Waals surface area (Å²) >= 11 is 0. The quantitative estimate of drug-likeness (QED) is 0.883. The minimum Gasteiger partial charge on any atom is -0.334 e. The summed E-state index contributed by atoms with van der Waals surface area (Å²) in [7, 11) is 0. The van der Waals surface area contributed by atoms with Crippen molar-refractivity contribution in [3.63, 3.8) is 0 Å². The molecule has 1 aromatic heterocycles. The zero-order valence-corrected chi connectivity index (χ0v) is 10.7. The molecule has 1 aromatic rings. The van der Waals surface area contributed by atoms with Crippen LogP contribution in [0.15, 0.2) is 24.5 Å². The second-order valence-corrected chi connectivity index (χ2v) is 4.34. The topological polar surface area (TPSA) is 59.2 Å². The Morgan fingerprint density at radius 3 is 2.59 bits per heavy atom. The zero-order chi connectivity index (χ0) is 11.5. The van der Waals surface area contributed by atoms with Crippen LogP contribution in [0.2, 0.25) is 0 Å². The normalized spacial score (nSPS) is 15.9. The van der Waals surface area contributed by atoms with E-state index < -0.39 is 6.04 Å². The Hall–Kier alpha value is -1.13. The molecule has 2 N–H and O–H groups in total. The maximum atomic E-state index is 11.9. The highest BCUT2D eigenvalue weighted by Gasteiger charge is 2.33. The molecular weight excluding hydrogens is 238 g/mol. The summed E-state index contributed by atoms with van der Waals surface area (Å²) in [5, 5.41) is 0. The number of amides is 1. The van der Waals surface area contributed by atoms with Gasteiger partial charge in [-0.3, -0.25) is 9.78 Å². The van der Waals surface area contributed by atoms with Crippen molar-refractivity contribution in [1.29, 1.82) is 0 Å². The van der Waals surface area contributed by atoms with Gasteiger partial charge >= 0.3 is 0 Å². The molecule has 1 aliphatic rings. The second kappa shape index (κ2) is 5.98. The van der Waals surface area contributed by atoms with Gasteiger partial charge in [0.2, 0.25) is 5.91 Å². The van der Waals surface area contributed by atoms with Crippen molar-refractivity contribution in [2.24, 2.45) is 5.73 Å². The van der Waals surface area contributed by atoms with Gasteiger partial charge < -0.3 is 10.6 Å². The molecule has 1 saturated carbocycles. The Labute approximate surface area is 108 Å². The third kappa shape index (κ3) is 3.68. The fourth-order valence-corrected chi connectivity index (χ4v) is 1.72. The molecule has 1 amide bonds. The first-order valence-corrected chi connectivity index (χ1v) is 5.63. The van der Waals surface area contributed by atoms with E-state index in [1.54, 1.807) is 19.3 Å². The molecule has 2 rings (SSSR count). The van der Waals surface area contributed by atoms with E-state index in [9.17, 15) is 4.79 Å². The van der Waals surface area contributed by atoms with Crippen molar-refractivity contribution in [2.75, 3.05) is 0 Å². The molecule has 1 fully saturated rings. The molecule has 17 heavy (non-hydrogen) atoms. The number of aromatic nitrogens is 1. The highest BCUT2D eigenvalue weighted by atomic mass is 35.5. The predicted octanol–water partition coefficient (Wildman–Crippen LogP) is 1.34. The smallest absolute Gasteiger partial charge is 0.239 e. The van der Waals surface area contributed by atoms with Gasteiger partial charge in [-0.1, -0.05) is 0 Å². The SMILES string of the molecule is CC(N)C(=O)N(Cc1ccncc1)C1CC1.Cl. The van der Waals surface area contributed by atoms with Crippen LogP contribution in [0, 0.1) is 0 Å². The lowest BCUT2D eigenvalue weighted by Crippen LogP contribution is -2.42. The zero-order valence-electron chi connectivity index (χ0n) is 9.87. The molecule has 1 atom stereocenters. The van der Waals surface area contributed by atoms with Crippen molar-refractivity contribution in [3.05, 3.63) is 30.1 Å². The summed E-state index contributed by atoms with van der Waals surface area (Å²) < 4.78 is 0. The lowest BCUT2D eigenvalue weighted by atomic mass is 10.2. The van der Waals surface area contributed by atoms with Gasteiger partial charge in [0.1, 0.15) is 0 Å². The van der Waals surface area contributed by atoms with Gasteiger partial charge in [0, 0.05) is 25.0 Å². The Bertz CT molecular complexity index is 365. The first kappa shape index (κ1) is 13.9. The van der Waals surface area contributed by atoms with Crippen LogP contribution in [0.5, 0.6) is 0 Å². The molecule has 1 heterocycles. The lowest BCUT2D eigenvalue weighted by molar-refractivity contribution is -0.133. The van der Waals surface area contributed by atoms with Gasteiger partial charge in [-0.15, -0.1) is 12.4 Å². The minimum atomic E-state index is -0.414. The van der Waals surface area contributed by atoms with E-state index in [-0.39, 0.29) is 18.3 Å². The number of carbonyl (C=O) groups excluding carboxylic acids is 1. The molecule has 4 nitrogen and oxygen atoms in total. The highest BCUT2D eigenvalue weighted by Crippen LogP contribution is 2.28. The second-order valence-electron chi connectivity index (χ2n) is 4.34. The van der Waals surface area contributed by atoms with E-state index in [2.05, 4.69) is 4.98 Å². The van der Waals surface area contributed by atoms with E-state index in [0.717, 1.165) is 18.4 Å². The molecule has 0 bridgehead atoms. The average Bonchev–Trinajstić information content (AvgIpc) is 3.10. The van der Waals surface area contributed by atoms with Gasteiger partial charge in [-0.2, -0.15) is 0 Å². The fraction of sp³-hybridized carbons (Fsp3) is 0.500. The van der Waals surface area contributed by atoms with Crippen LogP contribution in [-0.4, -0.2) is 27.9 Å². The first-order chi connectivity index (χ1) is 7.68. The standard InChI is InChI=1S/C12H17N3O.ClH/c1-9(13)12(16)15(11-2-3-11)8-10-4-6-14-7-5-10;/h4-7,9,11H,2-3,8,13H2,1H3;1H.